The SMILES string of the molecule is Cc1c(-c2nnc(C(=O)N3CCN(c4ccc(Cl)cc4)CC3)o2)oc2ccccc12. The van der Waals surface area contributed by atoms with Gasteiger partial charge in [-0.05, 0) is 37.3 Å². The summed E-state index contributed by atoms with van der Waals surface area (Å²) in [7, 11) is 0. The Kier molecular flexibility index (Phi) is 4.67. The lowest BCUT2D eigenvalue weighted by Crippen LogP contribution is -2.48. The van der Waals surface area contributed by atoms with Gasteiger partial charge in [-0.2, -0.15) is 0 Å². The fraction of sp³-hybridized carbons (Fsp3) is 0.227. The number of benzene rings is 2. The van der Waals surface area contributed by atoms with E-state index in [1.54, 1.807) is 4.90 Å². The molecule has 3 heterocycles. The molecule has 0 N–H and O–H groups in total. The molecule has 2 aromatic carbocycles. The van der Waals surface area contributed by atoms with E-state index in [-0.39, 0.29) is 17.7 Å². The van der Waals surface area contributed by atoms with Crippen LogP contribution in [0.5, 0.6) is 0 Å². The molecular weight excluding hydrogens is 404 g/mol. The second-order valence-electron chi connectivity index (χ2n) is 7.22. The summed E-state index contributed by atoms with van der Waals surface area (Å²) < 4.78 is 11.5. The molecule has 1 saturated heterocycles. The summed E-state index contributed by atoms with van der Waals surface area (Å²) in [5, 5.41) is 9.71. The number of halogens is 1. The van der Waals surface area contributed by atoms with E-state index in [2.05, 4.69) is 15.1 Å². The highest BCUT2D eigenvalue weighted by molar-refractivity contribution is 6.30. The van der Waals surface area contributed by atoms with E-state index < -0.39 is 0 Å². The fourth-order valence-electron chi connectivity index (χ4n) is 3.73. The Labute approximate surface area is 177 Å². The number of aromatic nitrogens is 2. The van der Waals surface area contributed by atoms with Crippen LogP contribution in [-0.2, 0) is 0 Å². The molecule has 7 nitrogen and oxygen atoms in total. The Morgan fingerprint density at radius 3 is 2.43 bits per heavy atom. The molecule has 1 aliphatic rings. The zero-order chi connectivity index (χ0) is 20.7. The number of aryl methyl sites for hydroxylation is 1. The van der Waals surface area contributed by atoms with Gasteiger partial charge >= 0.3 is 11.8 Å². The van der Waals surface area contributed by atoms with Crippen LogP contribution >= 0.6 is 11.6 Å². The van der Waals surface area contributed by atoms with Crippen molar-refractivity contribution in [3.05, 3.63) is 65.0 Å². The second kappa shape index (κ2) is 7.50. The number of carbonyl (C=O) groups excluding carboxylic acids is 1. The molecule has 152 valence electrons. The molecule has 1 amide bonds. The first kappa shape index (κ1) is 18.7. The van der Waals surface area contributed by atoms with E-state index in [4.69, 9.17) is 20.4 Å². The molecule has 0 spiro atoms. The minimum atomic E-state index is -0.265. The number of fused-ring (bicyclic) bond motifs is 1. The van der Waals surface area contributed by atoms with Gasteiger partial charge in [0.15, 0.2) is 5.76 Å². The van der Waals surface area contributed by atoms with Crippen molar-refractivity contribution < 1.29 is 13.6 Å². The maximum absolute atomic E-state index is 12.9. The van der Waals surface area contributed by atoms with Gasteiger partial charge in [-0.3, -0.25) is 4.79 Å². The Balaban J connectivity index is 1.30. The van der Waals surface area contributed by atoms with Gasteiger partial charge in [0.05, 0.1) is 0 Å². The van der Waals surface area contributed by atoms with Crippen LogP contribution in [0.2, 0.25) is 5.02 Å². The maximum Gasteiger partial charge on any atom is 0.311 e. The lowest BCUT2D eigenvalue weighted by atomic mass is 10.1. The molecular formula is C22H19ClN4O3. The molecule has 1 fully saturated rings. The summed E-state index contributed by atoms with van der Waals surface area (Å²) in [5.41, 5.74) is 2.74. The second-order valence-corrected chi connectivity index (χ2v) is 7.66. The number of carbonyl (C=O) groups is 1. The van der Waals surface area contributed by atoms with Gasteiger partial charge in [0.25, 0.3) is 5.89 Å². The highest BCUT2D eigenvalue weighted by Crippen LogP contribution is 2.32. The predicted molar refractivity (Wildman–Crippen MR) is 114 cm³/mol. The van der Waals surface area contributed by atoms with Crippen LogP contribution in [0.3, 0.4) is 0 Å². The number of hydrogen-bond donors (Lipinski definition) is 0. The van der Waals surface area contributed by atoms with Gasteiger partial charge in [0, 0.05) is 47.8 Å². The first-order valence-electron chi connectivity index (χ1n) is 9.72. The molecule has 2 aromatic heterocycles. The maximum atomic E-state index is 12.9. The van der Waals surface area contributed by atoms with Gasteiger partial charge in [-0.1, -0.05) is 29.8 Å². The van der Waals surface area contributed by atoms with Crippen molar-refractivity contribution in [1.29, 1.82) is 0 Å². The normalized spacial score (nSPS) is 14.5. The number of nitrogens with zero attached hydrogens (tertiary/aromatic N) is 4. The Morgan fingerprint density at radius 1 is 0.967 bits per heavy atom. The van der Waals surface area contributed by atoms with Gasteiger partial charge in [0.2, 0.25) is 0 Å². The van der Waals surface area contributed by atoms with E-state index in [1.165, 1.54) is 0 Å². The van der Waals surface area contributed by atoms with Gasteiger partial charge < -0.3 is 18.6 Å². The Hall–Kier alpha value is -3.32. The summed E-state index contributed by atoms with van der Waals surface area (Å²) in [6, 6.07) is 15.4. The van der Waals surface area contributed by atoms with Crippen molar-refractivity contribution in [2.45, 2.75) is 6.92 Å². The topological polar surface area (TPSA) is 75.6 Å². The first-order valence-corrected chi connectivity index (χ1v) is 10.1. The van der Waals surface area contributed by atoms with E-state index in [0.717, 1.165) is 35.3 Å². The number of piperazine rings is 1. The number of para-hydroxylation sites is 1. The van der Waals surface area contributed by atoms with Crippen LogP contribution in [0.1, 0.15) is 16.2 Å². The summed E-state index contributed by atoms with van der Waals surface area (Å²) >= 11 is 5.96. The molecule has 0 atom stereocenters. The van der Waals surface area contributed by atoms with Crippen molar-refractivity contribution in [3.8, 4) is 11.7 Å². The van der Waals surface area contributed by atoms with Crippen LogP contribution in [0.25, 0.3) is 22.6 Å². The molecule has 5 rings (SSSR count). The third-order valence-electron chi connectivity index (χ3n) is 5.40. The minimum Gasteiger partial charge on any atom is -0.451 e. The van der Waals surface area contributed by atoms with Crippen LogP contribution in [0, 0.1) is 6.92 Å². The lowest BCUT2D eigenvalue weighted by molar-refractivity contribution is 0.0707. The molecule has 0 saturated carbocycles. The smallest absolute Gasteiger partial charge is 0.311 e. The third kappa shape index (κ3) is 3.31. The van der Waals surface area contributed by atoms with Crippen molar-refractivity contribution in [3.63, 3.8) is 0 Å². The first-order chi connectivity index (χ1) is 14.6. The number of rotatable bonds is 3. The zero-order valence-corrected chi connectivity index (χ0v) is 17.1. The molecule has 0 bridgehead atoms. The Morgan fingerprint density at radius 2 is 1.70 bits per heavy atom. The standard InChI is InChI=1S/C22H19ClN4O3/c1-14-17-4-2-3-5-18(17)29-19(14)20-24-25-21(30-20)22(28)27-12-10-26(11-13-27)16-8-6-15(23)7-9-16/h2-9H,10-13H2,1H3. The number of hydrogen-bond acceptors (Lipinski definition) is 6. The minimum absolute atomic E-state index is 0.0233. The predicted octanol–water partition coefficient (Wildman–Crippen LogP) is 4.41. The van der Waals surface area contributed by atoms with Crippen molar-refractivity contribution in [1.82, 2.24) is 15.1 Å². The fourth-order valence-corrected chi connectivity index (χ4v) is 3.86. The third-order valence-corrected chi connectivity index (χ3v) is 5.66. The average molecular weight is 423 g/mol. The van der Waals surface area contributed by atoms with Crippen LogP contribution < -0.4 is 4.90 Å². The number of furan rings is 1. The van der Waals surface area contributed by atoms with E-state index >= 15 is 0 Å². The molecule has 0 radical (unpaired) electrons. The number of amides is 1. The van der Waals surface area contributed by atoms with Crippen molar-refractivity contribution in [2.75, 3.05) is 31.1 Å². The number of anilines is 1. The summed E-state index contributed by atoms with van der Waals surface area (Å²) in [4.78, 5) is 16.8. The van der Waals surface area contributed by atoms with Crippen LogP contribution in [0.15, 0.2) is 57.4 Å². The van der Waals surface area contributed by atoms with Gasteiger partial charge in [0.1, 0.15) is 5.58 Å². The average Bonchev–Trinajstić information content (AvgIpc) is 3.39. The van der Waals surface area contributed by atoms with Gasteiger partial charge in [-0.25, -0.2) is 0 Å². The van der Waals surface area contributed by atoms with E-state index in [9.17, 15) is 4.79 Å². The summed E-state index contributed by atoms with van der Waals surface area (Å²) in [6.07, 6.45) is 0. The lowest BCUT2D eigenvalue weighted by Gasteiger charge is -2.35. The summed E-state index contributed by atoms with van der Waals surface area (Å²) in [6.45, 7) is 4.52. The monoisotopic (exact) mass is 422 g/mol. The van der Waals surface area contributed by atoms with E-state index in [1.807, 2.05) is 55.5 Å². The molecule has 8 heteroatoms. The van der Waals surface area contributed by atoms with Crippen LogP contribution in [-0.4, -0.2) is 47.2 Å². The quantitative estimate of drug-likeness (QED) is 0.487. The zero-order valence-electron chi connectivity index (χ0n) is 16.3. The van der Waals surface area contributed by atoms with Crippen molar-refractivity contribution >= 4 is 34.2 Å². The Bertz CT molecular complexity index is 1210. The van der Waals surface area contributed by atoms with Gasteiger partial charge in [-0.15, -0.1) is 10.2 Å². The molecule has 4 aromatic rings. The van der Waals surface area contributed by atoms with E-state index in [0.29, 0.717) is 23.9 Å². The summed E-state index contributed by atoms with van der Waals surface area (Å²) in [5.74, 6) is 0.422. The van der Waals surface area contributed by atoms with Crippen molar-refractivity contribution in [2.24, 2.45) is 0 Å². The largest absolute Gasteiger partial charge is 0.451 e. The highest BCUT2D eigenvalue weighted by Gasteiger charge is 2.27. The molecule has 0 aliphatic carbocycles. The molecule has 1 aliphatic heterocycles. The molecule has 0 unspecified atom stereocenters. The molecule has 30 heavy (non-hydrogen) atoms. The highest BCUT2D eigenvalue weighted by atomic mass is 35.5. The van der Waals surface area contributed by atoms with Crippen LogP contribution in [0.4, 0.5) is 5.69 Å².